The van der Waals surface area contributed by atoms with E-state index in [1.54, 1.807) is 7.11 Å². The standard InChI is InChI=1S/C13H18N2O4/c1-8(2)11(19-3)7-15-12(16)9-4-5-14-10(6-9)13(17)18/h4-6,8,11H,7H2,1-3H3,(H,15,16)(H,17,18). The second kappa shape index (κ2) is 6.84. The third kappa shape index (κ3) is 4.33. The Bertz CT molecular complexity index is 460. The van der Waals surface area contributed by atoms with Gasteiger partial charge in [-0.15, -0.1) is 0 Å². The lowest BCUT2D eigenvalue weighted by atomic mass is 10.1. The van der Waals surface area contributed by atoms with Crippen molar-refractivity contribution in [2.75, 3.05) is 13.7 Å². The van der Waals surface area contributed by atoms with Gasteiger partial charge in [0.25, 0.3) is 5.91 Å². The number of carboxylic acids is 1. The quantitative estimate of drug-likeness (QED) is 0.807. The van der Waals surface area contributed by atoms with Crippen molar-refractivity contribution < 1.29 is 19.4 Å². The average Bonchev–Trinajstić information content (AvgIpc) is 2.38. The number of amides is 1. The summed E-state index contributed by atoms with van der Waals surface area (Å²) in [5.41, 5.74) is 0.116. The number of pyridine rings is 1. The summed E-state index contributed by atoms with van der Waals surface area (Å²) in [6, 6.07) is 2.72. The molecule has 104 valence electrons. The first-order valence-corrected chi connectivity index (χ1v) is 5.96. The Morgan fingerprint density at radius 3 is 2.68 bits per heavy atom. The molecule has 1 aromatic heterocycles. The molecule has 6 heteroatoms. The number of carboxylic acid groups (broad SMARTS) is 1. The van der Waals surface area contributed by atoms with E-state index in [4.69, 9.17) is 9.84 Å². The molecule has 0 fully saturated rings. The van der Waals surface area contributed by atoms with E-state index in [0.717, 1.165) is 0 Å². The predicted molar refractivity (Wildman–Crippen MR) is 69.2 cm³/mol. The fraction of sp³-hybridized carbons (Fsp3) is 0.462. The minimum Gasteiger partial charge on any atom is -0.477 e. The molecule has 0 aliphatic rings. The molecule has 0 aliphatic heterocycles. The summed E-state index contributed by atoms with van der Waals surface area (Å²) in [5.74, 6) is -1.23. The molecule has 0 radical (unpaired) electrons. The Morgan fingerprint density at radius 1 is 1.47 bits per heavy atom. The van der Waals surface area contributed by atoms with E-state index in [1.807, 2.05) is 13.8 Å². The van der Waals surface area contributed by atoms with E-state index in [-0.39, 0.29) is 29.2 Å². The number of aromatic carboxylic acids is 1. The zero-order chi connectivity index (χ0) is 14.4. The number of carbonyl (C=O) groups excluding carboxylic acids is 1. The zero-order valence-electron chi connectivity index (χ0n) is 11.2. The van der Waals surface area contributed by atoms with Gasteiger partial charge in [-0.05, 0) is 18.1 Å². The van der Waals surface area contributed by atoms with Crippen LogP contribution >= 0.6 is 0 Å². The second-order valence-corrected chi connectivity index (χ2v) is 4.46. The first kappa shape index (κ1) is 15.1. The Labute approximate surface area is 111 Å². The van der Waals surface area contributed by atoms with Crippen LogP contribution in [0.4, 0.5) is 0 Å². The molecule has 1 atom stereocenters. The van der Waals surface area contributed by atoms with E-state index in [9.17, 15) is 9.59 Å². The lowest BCUT2D eigenvalue weighted by Crippen LogP contribution is -2.36. The smallest absolute Gasteiger partial charge is 0.354 e. The normalized spacial score (nSPS) is 12.2. The van der Waals surface area contributed by atoms with Gasteiger partial charge in [0.2, 0.25) is 0 Å². The molecule has 19 heavy (non-hydrogen) atoms. The van der Waals surface area contributed by atoms with Crippen LogP contribution in [0.1, 0.15) is 34.7 Å². The molecule has 1 amide bonds. The highest BCUT2D eigenvalue weighted by Crippen LogP contribution is 2.05. The third-order valence-corrected chi connectivity index (χ3v) is 2.75. The highest BCUT2D eigenvalue weighted by molar-refractivity contribution is 5.96. The lowest BCUT2D eigenvalue weighted by Gasteiger charge is -2.19. The number of nitrogens with one attached hydrogen (secondary N) is 1. The summed E-state index contributed by atoms with van der Waals surface area (Å²) in [6.07, 6.45) is 1.22. The number of carbonyl (C=O) groups is 2. The van der Waals surface area contributed by atoms with Crippen molar-refractivity contribution in [1.29, 1.82) is 0 Å². The second-order valence-electron chi connectivity index (χ2n) is 4.46. The van der Waals surface area contributed by atoms with Crippen LogP contribution in [-0.2, 0) is 4.74 Å². The summed E-state index contributed by atoms with van der Waals surface area (Å²) in [5, 5.41) is 11.5. The summed E-state index contributed by atoms with van der Waals surface area (Å²) in [6.45, 7) is 4.36. The molecule has 2 N–H and O–H groups in total. The molecule has 0 aromatic carbocycles. The van der Waals surface area contributed by atoms with E-state index >= 15 is 0 Å². The van der Waals surface area contributed by atoms with Crippen LogP contribution in [0.5, 0.6) is 0 Å². The maximum absolute atomic E-state index is 11.9. The molecule has 1 aromatic rings. The van der Waals surface area contributed by atoms with Gasteiger partial charge in [0, 0.05) is 25.4 Å². The summed E-state index contributed by atoms with van der Waals surface area (Å²) in [7, 11) is 1.59. The number of rotatable bonds is 6. The maximum Gasteiger partial charge on any atom is 0.354 e. The number of hydrogen-bond acceptors (Lipinski definition) is 4. The molecule has 6 nitrogen and oxygen atoms in total. The Morgan fingerprint density at radius 2 is 2.16 bits per heavy atom. The average molecular weight is 266 g/mol. The van der Waals surface area contributed by atoms with Gasteiger partial charge in [-0.3, -0.25) is 4.79 Å². The van der Waals surface area contributed by atoms with Crippen LogP contribution in [0.25, 0.3) is 0 Å². The predicted octanol–water partition coefficient (Wildman–Crippen LogP) is 1.18. The minimum absolute atomic E-state index is 0.0790. The van der Waals surface area contributed by atoms with E-state index in [1.165, 1.54) is 18.3 Å². The fourth-order valence-electron chi connectivity index (χ4n) is 1.58. The van der Waals surface area contributed by atoms with E-state index in [2.05, 4.69) is 10.3 Å². The maximum atomic E-state index is 11.9. The molecule has 0 saturated carbocycles. The molecule has 1 unspecified atom stereocenters. The molecule has 0 saturated heterocycles. The number of aromatic nitrogens is 1. The van der Waals surface area contributed by atoms with Crippen LogP contribution in [0.3, 0.4) is 0 Å². The Balaban J connectivity index is 2.68. The van der Waals surface area contributed by atoms with E-state index < -0.39 is 5.97 Å². The zero-order valence-corrected chi connectivity index (χ0v) is 11.2. The molecule has 0 bridgehead atoms. The van der Waals surface area contributed by atoms with Crippen molar-refractivity contribution >= 4 is 11.9 Å². The van der Waals surface area contributed by atoms with Crippen LogP contribution in [0, 0.1) is 5.92 Å². The summed E-state index contributed by atoms with van der Waals surface area (Å²) < 4.78 is 5.24. The van der Waals surface area contributed by atoms with Crippen LogP contribution < -0.4 is 5.32 Å². The van der Waals surface area contributed by atoms with Gasteiger partial charge in [0.15, 0.2) is 0 Å². The number of ether oxygens (including phenoxy) is 1. The highest BCUT2D eigenvalue weighted by atomic mass is 16.5. The van der Waals surface area contributed by atoms with Crippen molar-refractivity contribution in [2.45, 2.75) is 20.0 Å². The Kier molecular flexibility index (Phi) is 5.44. The largest absolute Gasteiger partial charge is 0.477 e. The first-order valence-electron chi connectivity index (χ1n) is 5.96. The lowest BCUT2D eigenvalue weighted by molar-refractivity contribution is 0.0605. The Hall–Kier alpha value is -1.95. The number of nitrogens with zero attached hydrogens (tertiary/aromatic N) is 1. The molecular formula is C13H18N2O4. The fourth-order valence-corrected chi connectivity index (χ4v) is 1.58. The van der Waals surface area contributed by atoms with Gasteiger partial charge in [0.1, 0.15) is 5.69 Å². The highest BCUT2D eigenvalue weighted by Gasteiger charge is 2.15. The van der Waals surface area contributed by atoms with Gasteiger partial charge in [-0.25, -0.2) is 9.78 Å². The monoisotopic (exact) mass is 266 g/mol. The van der Waals surface area contributed by atoms with Gasteiger partial charge in [0.05, 0.1) is 6.10 Å². The van der Waals surface area contributed by atoms with Crippen molar-refractivity contribution in [3.05, 3.63) is 29.6 Å². The number of hydrogen-bond donors (Lipinski definition) is 2. The third-order valence-electron chi connectivity index (χ3n) is 2.75. The molecular weight excluding hydrogens is 248 g/mol. The topological polar surface area (TPSA) is 88.5 Å². The van der Waals surface area contributed by atoms with Crippen molar-refractivity contribution in [3.8, 4) is 0 Å². The van der Waals surface area contributed by atoms with Crippen molar-refractivity contribution in [2.24, 2.45) is 5.92 Å². The molecule has 0 spiro atoms. The van der Waals surface area contributed by atoms with Crippen molar-refractivity contribution in [3.63, 3.8) is 0 Å². The summed E-state index contributed by atoms with van der Waals surface area (Å²) >= 11 is 0. The van der Waals surface area contributed by atoms with Gasteiger partial charge < -0.3 is 15.2 Å². The van der Waals surface area contributed by atoms with Crippen LogP contribution in [-0.4, -0.2) is 41.7 Å². The van der Waals surface area contributed by atoms with Crippen molar-refractivity contribution in [1.82, 2.24) is 10.3 Å². The van der Waals surface area contributed by atoms with Gasteiger partial charge in [-0.1, -0.05) is 13.8 Å². The molecule has 1 rings (SSSR count). The van der Waals surface area contributed by atoms with Gasteiger partial charge in [-0.2, -0.15) is 0 Å². The molecule has 0 aliphatic carbocycles. The minimum atomic E-state index is -1.16. The van der Waals surface area contributed by atoms with Gasteiger partial charge >= 0.3 is 5.97 Å². The van der Waals surface area contributed by atoms with Crippen LogP contribution in [0.2, 0.25) is 0 Å². The van der Waals surface area contributed by atoms with E-state index in [0.29, 0.717) is 6.54 Å². The summed E-state index contributed by atoms with van der Waals surface area (Å²) in [4.78, 5) is 26.3. The molecule has 1 heterocycles. The van der Waals surface area contributed by atoms with Crippen LogP contribution in [0.15, 0.2) is 18.3 Å². The number of methoxy groups -OCH3 is 1. The first-order chi connectivity index (χ1) is 8.95. The SMILES string of the molecule is COC(CNC(=O)c1ccnc(C(=O)O)c1)C(C)C.